The summed E-state index contributed by atoms with van der Waals surface area (Å²) in [5.74, 6) is 0.474. The van der Waals surface area contributed by atoms with Gasteiger partial charge in [0, 0.05) is 24.9 Å². The van der Waals surface area contributed by atoms with Crippen LogP contribution in [0.3, 0.4) is 0 Å². The molecule has 0 saturated carbocycles. The Morgan fingerprint density at radius 2 is 2.06 bits per heavy atom. The molecule has 0 spiro atoms. The van der Waals surface area contributed by atoms with E-state index in [0.29, 0.717) is 19.0 Å². The summed E-state index contributed by atoms with van der Waals surface area (Å²) in [5.41, 5.74) is 0. The van der Waals surface area contributed by atoms with Crippen LogP contribution in [-0.2, 0) is 9.84 Å². The number of aliphatic hydroxyl groups is 1. The van der Waals surface area contributed by atoms with Crippen molar-refractivity contribution in [3.63, 3.8) is 0 Å². The van der Waals surface area contributed by atoms with Gasteiger partial charge in [-0.05, 0) is 33.5 Å². The monoisotopic (exact) mass is 278 g/mol. The molecule has 18 heavy (non-hydrogen) atoms. The van der Waals surface area contributed by atoms with Gasteiger partial charge in [0.05, 0.1) is 11.9 Å². The Balaban J connectivity index is 2.40. The van der Waals surface area contributed by atoms with Crippen LogP contribution >= 0.6 is 0 Å². The van der Waals surface area contributed by atoms with Crippen molar-refractivity contribution in [2.45, 2.75) is 31.9 Å². The quantitative estimate of drug-likeness (QED) is 0.699. The summed E-state index contributed by atoms with van der Waals surface area (Å²) in [5, 5.41) is 9.71. The molecule has 2 atom stereocenters. The maximum Gasteiger partial charge on any atom is 0.150 e. The highest BCUT2D eigenvalue weighted by atomic mass is 32.2. The number of sulfone groups is 1. The van der Waals surface area contributed by atoms with E-state index < -0.39 is 9.84 Å². The van der Waals surface area contributed by atoms with Crippen molar-refractivity contribution in [3.05, 3.63) is 0 Å². The third-order valence-corrected chi connectivity index (χ3v) is 5.21. The summed E-state index contributed by atoms with van der Waals surface area (Å²) >= 11 is 0. The Labute approximate surface area is 111 Å². The molecule has 0 aliphatic carbocycles. The van der Waals surface area contributed by atoms with E-state index >= 15 is 0 Å². The summed E-state index contributed by atoms with van der Waals surface area (Å²) in [7, 11) is 1.17. The molecule has 1 aliphatic rings. The molecule has 5 nitrogen and oxygen atoms in total. The maximum atomic E-state index is 11.4. The second kappa shape index (κ2) is 6.84. The third-order valence-electron chi connectivity index (χ3n) is 3.42. The zero-order valence-corrected chi connectivity index (χ0v) is 12.5. The molecule has 1 rings (SSSR count). The summed E-state index contributed by atoms with van der Waals surface area (Å²) in [4.78, 5) is 4.33. The zero-order valence-electron chi connectivity index (χ0n) is 11.7. The van der Waals surface area contributed by atoms with Gasteiger partial charge in [0.15, 0.2) is 0 Å². The standard InChI is InChI=1S/C12H26N2O3S/c1-4-18(16,17)7-5-6-14-10-12(15)8-11(14)9-13(2)3/h11-12,15H,4-10H2,1-3H3. The summed E-state index contributed by atoms with van der Waals surface area (Å²) < 4.78 is 22.8. The van der Waals surface area contributed by atoms with Gasteiger partial charge in [-0.15, -0.1) is 0 Å². The van der Waals surface area contributed by atoms with E-state index in [1.54, 1.807) is 6.92 Å². The zero-order chi connectivity index (χ0) is 13.8. The lowest BCUT2D eigenvalue weighted by atomic mass is 10.2. The SMILES string of the molecule is CCS(=O)(=O)CCCN1CC(O)CC1CN(C)C. The van der Waals surface area contributed by atoms with E-state index in [2.05, 4.69) is 9.80 Å². The molecule has 0 aromatic rings. The number of rotatable bonds is 7. The fourth-order valence-corrected chi connectivity index (χ4v) is 3.33. The van der Waals surface area contributed by atoms with Crippen molar-refractivity contribution in [1.82, 2.24) is 9.80 Å². The van der Waals surface area contributed by atoms with Crippen LogP contribution in [0.4, 0.5) is 0 Å². The van der Waals surface area contributed by atoms with Gasteiger partial charge in [-0.1, -0.05) is 6.92 Å². The summed E-state index contributed by atoms with van der Waals surface area (Å²) in [6, 6.07) is 0.347. The number of nitrogens with zero attached hydrogens (tertiary/aromatic N) is 2. The second-order valence-corrected chi connectivity index (χ2v) is 7.86. The highest BCUT2D eigenvalue weighted by Crippen LogP contribution is 2.18. The molecule has 0 bridgehead atoms. The molecule has 1 N–H and O–H groups in total. The van der Waals surface area contributed by atoms with Crippen molar-refractivity contribution < 1.29 is 13.5 Å². The van der Waals surface area contributed by atoms with Crippen LogP contribution in [0.2, 0.25) is 0 Å². The number of β-amino-alcohol motifs (C(OH)–C–C–N with tert-alkyl or cyclic N) is 1. The molecule has 1 aliphatic heterocycles. The molecule has 0 radical (unpaired) electrons. The fraction of sp³-hybridized carbons (Fsp3) is 1.00. The molecule has 0 aromatic carbocycles. The molecule has 0 aromatic heterocycles. The number of likely N-dealkylation sites (tertiary alicyclic amines) is 1. The third kappa shape index (κ3) is 5.22. The number of aliphatic hydroxyl groups excluding tert-OH is 1. The minimum absolute atomic E-state index is 0.219. The normalized spacial score (nSPS) is 26.1. The summed E-state index contributed by atoms with van der Waals surface area (Å²) in [6.45, 7) is 4.03. The van der Waals surface area contributed by atoms with Crippen LogP contribution in [0.15, 0.2) is 0 Å². The van der Waals surface area contributed by atoms with E-state index in [1.165, 1.54) is 0 Å². The first kappa shape index (κ1) is 15.9. The van der Waals surface area contributed by atoms with Gasteiger partial charge < -0.3 is 10.0 Å². The average Bonchev–Trinajstić information content (AvgIpc) is 2.58. The predicted molar refractivity (Wildman–Crippen MR) is 73.5 cm³/mol. The van der Waals surface area contributed by atoms with Gasteiger partial charge in [-0.2, -0.15) is 0 Å². The molecule has 6 heteroatoms. The highest BCUT2D eigenvalue weighted by molar-refractivity contribution is 7.91. The van der Waals surface area contributed by atoms with Gasteiger partial charge in [0.25, 0.3) is 0 Å². The lowest BCUT2D eigenvalue weighted by Crippen LogP contribution is -2.38. The predicted octanol–water partition coefficient (Wildman–Crippen LogP) is -0.192. The van der Waals surface area contributed by atoms with Crippen molar-refractivity contribution in [3.8, 4) is 0 Å². The van der Waals surface area contributed by atoms with Crippen LogP contribution in [0, 0.1) is 0 Å². The van der Waals surface area contributed by atoms with Crippen LogP contribution in [0.5, 0.6) is 0 Å². The first-order chi connectivity index (χ1) is 8.34. The van der Waals surface area contributed by atoms with E-state index in [9.17, 15) is 13.5 Å². The molecular weight excluding hydrogens is 252 g/mol. The first-order valence-corrected chi connectivity index (χ1v) is 8.43. The van der Waals surface area contributed by atoms with Gasteiger partial charge >= 0.3 is 0 Å². The second-order valence-electron chi connectivity index (χ2n) is 5.39. The van der Waals surface area contributed by atoms with E-state index in [1.807, 2.05) is 14.1 Å². The smallest absolute Gasteiger partial charge is 0.150 e. The van der Waals surface area contributed by atoms with Crippen LogP contribution in [0.1, 0.15) is 19.8 Å². The maximum absolute atomic E-state index is 11.4. The summed E-state index contributed by atoms with van der Waals surface area (Å²) in [6.07, 6.45) is 1.18. The Kier molecular flexibility index (Phi) is 6.04. The molecule has 108 valence electrons. The van der Waals surface area contributed by atoms with Crippen LogP contribution in [0.25, 0.3) is 0 Å². The Morgan fingerprint density at radius 1 is 1.39 bits per heavy atom. The number of hydrogen-bond donors (Lipinski definition) is 1. The lowest BCUT2D eigenvalue weighted by molar-refractivity contribution is 0.173. The Bertz CT molecular complexity index is 343. The van der Waals surface area contributed by atoms with E-state index in [4.69, 9.17) is 0 Å². The van der Waals surface area contributed by atoms with Crippen molar-refractivity contribution in [2.24, 2.45) is 0 Å². The molecule has 2 unspecified atom stereocenters. The topological polar surface area (TPSA) is 60.9 Å². The van der Waals surface area contributed by atoms with Gasteiger partial charge in [-0.3, -0.25) is 4.90 Å². The molecular formula is C12H26N2O3S. The van der Waals surface area contributed by atoms with Gasteiger partial charge in [0.1, 0.15) is 9.84 Å². The number of hydrogen-bond acceptors (Lipinski definition) is 5. The average molecular weight is 278 g/mol. The first-order valence-electron chi connectivity index (χ1n) is 6.61. The van der Waals surface area contributed by atoms with Crippen LogP contribution < -0.4 is 0 Å². The van der Waals surface area contributed by atoms with Crippen molar-refractivity contribution in [2.75, 3.05) is 45.2 Å². The van der Waals surface area contributed by atoms with E-state index in [0.717, 1.165) is 19.5 Å². The van der Waals surface area contributed by atoms with Crippen molar-refractivity contribution >= 4 is 9.84 Å². The molecule has 1 heterocycles. The highest BCUT2D eigenvalue weighted by Gasteiger charge is 2.30. The Hall–Kier alpha value is -0.170. The molecule has 1 saturated heterocycles. The molecule has 1 fully saturated rings. The minimum atomic E-state index is -2.86. The Morgan fingerprint density at radius 3 is 2.61 bits per heavy atom. The molecule has 0 amide bonds. The minimum Gasteiger partial charge on any atom is -0.392 e. The number of likely N-dealkylation sites (N-methyl/N-ethyl adjacent to an activating group) is 1. The van der Waals surface area contributed by atoms with Crippen molar-refractivity contribution in [1.29, 1.82) is 0 Å². The fourth-order valence-electron chi connectivity index (χ4n) is 2.47. The lowest BCUT2D eigenvalue weighted by Gasteiger charge is -2.26. The van der Waals surface area contributed by atoms with E-state index in [-0.39, 0.29) is 17.6 Å². The van der Waals surface area contributed by atoms with Gasteiger partial charge in [0.2, 0.25) is 0 Å². The largest absolute Gasteiger partial charge is 0.392 e. The van der Waals surface area contributed by atoms with Gasteiger partial charge in [-0.25, -0.2) is 8.42 Å². The van der Waals surface area contributed by atoms with Crippen LogP contribution in [-0.4, -0.2) is 80.7 Å².